The lowest BCUT2D eigenvalue weighted by Gasteiger charge is -2.22. The van der Waals surface area contributed by atoms with Crippen LogP contribution in [0.15, 0.2) is 72.8 Å². The van der Waals surface area contributed by atoms with Gasteiger partial charge >= 0.3 is 5.97 Å². The van der Waals surface area contributed by atoms with Crippen molar-refractivity contribution in [2.75, 3.05) is 33.8 Å². The van der Waals surface area contributed by atoms with E-state index < -0.39 is 12.0 Å². The predicted octanol–water partition coefficient (Wildman–Crippen LogP) is 4.42. The number of hydrogen-bond acceptors (Lipinski definition) is 5. The number of rotatable bonds is 13. The maximum Gasteiger partial charge on any atom is 0.320 e. The number of carboxylic acid groups (broad SMARTS) is 1. The molecule has 3 aromatic carbocycles. The van der Waals surface area contributed by atoms with Crippen molar-refractivity contribution in [3.8, 4) is 16.9 Å². The van der Waals surface area contributed by atoms with Crippen LogP contribution in [0.2, 0.25) is 0 Å². The van der Waals surface area contributed by atoms with Crippen molar-refractivity contribution in [2.24, 2.45) is 11.7 Å². The number of aliphatic carboxylic acids is 1. The summed E-state index contributed by atoms with van der Waals surface area (Å²) in [5.41, 5.74) is 10.3. The van der Waals surface area contributed by atoms with Gasteiger partial charge in [0.1, 0.15) is 18.4 Å². The van der Waals surface area contributed by atoms with Crippen molar-refractivity contribution < 1.29 is 19.4 Å². The molecule has 7 heteroatoms. The van der Waals surface area contributed by atoms with E-state index in [-0.39, 0.29) is 18.2 Å². The van der Waals surface area contributed by atoms with Gasteiger partial charge in [0.05, 0.1) is 0 Å². The number of hydrogen-bond donors (Lipinski definition) is 3. The van der Waals surface area contributed by atoms with Crippen LogP contribution in [0.25, 0.3) is 11.1 Å². The minimum absolute atomic E-state index is 0.154. The summed E-state index contributed by atoms with van der Waals surface area (Å²) in [6.45, 7) is 6.31. The largest absolute Gasteiger partial charge is 0.492 e. The fraction of sp³-hybridized carbons (Fsp3) is 0.355. The summed E-state index contributed by atoms with van der Waals surface area (Å²) in [6.07, 6.45) is 0.219. The van der Waals surface area contributed by atoms with E-state index in [1.807, 2.05) is 26.2 Å². The number of nitrogens with two attached hydrogens (primary N) is 1. The standard InChI is InChI=1S/C31H39N3O4/c1-21(2)28(20-33-30(35)25-10-8-22(9-11-25)18-29(32)31(36)37)24-14-12-23(13-15-24)26-6-5-7-27(19-26)38-17-16-34(3)4/h5-15,19,21,28-29H,16-18,20,32H2,1-4H3,(H,33,35)(H,36,37)/t28-,29-/m1/s1. The first kappa shape index (κ1) is 28.9. The van der Waals surface area contributed by atoms with Crippen molar-refractivity contribution >= 4 is 11.9 Å². The Morgan fingerprint density at radius 3 is 2.26 bits per heavy atom. The Labute approximate surface area is 225 Å². The molecule has 0 bridgehead atoms. The van der Waals surface area contributed by atoms with Gasteiger partial charge in [-0.05, 0) is 73.0 Å². The Bertz CT molecular complexity index is 1190. The first-order chi connectivity index (χ1) is 18.1. The van der Waals surface area contributed by atoms with E-state index in [0.29, 0.717) is 24.6 Å². The molecule has 38 heavy (non-hydrogen) atoms. The molecule has 0 aromatic heterocycles. The van der Waals surface area contributed by atoms with Gasteiger partial charge in [0.25, 0.3) is 5.91 Å². The highest BCUT2D eigenvalue weighted by molar-refractivity contribution is 5.94. The minimum Gasteiger partial charge on any atom is -0.492 e. The number of carboxylic acids is 1. The molecule has 2 atom stereocenters. The first-order valence-corrected chi connectivity index (χ1v) is 13.0. The van der Waals surface area contributed by atoms with Crippen LogP contribution in [-0.2, 0) is 11.2 Å². The molecule has 3 rings (SSSR count). The van der Waals surface area contributed by atoms with Crippen LogP contribution >= 0.6 is 0 Å². The monoisotopic (exact) mass is 517 g/mol. The summed E-state index contributed by atoms with van der Waals surface area (Å²) in [7, 11) is 4.05. The van der Waals surface area contributed by atoms with E-state index in [1.165, 1.54) is 5.56 Å². The topological polar surface area (TPSA) is 105 Å². The van der Waals surface area contributed by atoms with Gasteiger partial charge in [-0.15, -0.1) is 0 Å². The molecular weight excluding hydrogens is 478 g/mol. The normalized spacial score (nSPS) is 12.8. The summed E-state index contributed by atoms with van der Waals surface area (Å²) in [4.78, 5) is 25.8. The van der Waals surface area contributed by atoms with Crippen molar-refractivity contribution in [3.05, 3.63) is 89.5 Å². The molecule has 3 aromatic rings. The Balaban J connectivity index is 1.62. The van der Waals surface area contributed by atoms with Gasteiger partial charge in [-0.1, -0.05) is 62.4 Å². The fourth-order valence-corrected chi connectivity index (χ4v) is 4.21. The molecule has 0 aliphatic rings. The molecule has 0 saturated heterocycles. The maximum atomic E-state index is 12.8. The van der Waals surface area contributed by atoms with Gasteiger partial charge in [0.2, 0.25) is 0 Å². The van der Waals surface area contributed by atoms with E-state index in [0.717, 1.165) is 29.0 Å². The third-order valence-corrected chi connectivity index (χ3v) is 6.59. The lowest BCUT2D eigenvalue weighted by molar-refractivity contribution is -0.138. The summed E-state index contributed by atoms with van der Waals surface area (Å²) < 4.78 is 5.88. The summed E-state index contributed by atoms with van der Waals surface area (Å²) in [5, 5.41) is 12.0. The lowest BCUT2D eigenvalue weighted by Crippen LogP contribution is -2.32. The first-order valence-electron chi connectivity index (χ1n) is 13.0. The second-order valence-corrected chi connectivity index (χ2v) is 10.2. The zero-order chi connectivity index (χ0) is 27.7. The average molecular weight is 518 g/mol. The van der Waals surface area contributed by atoms with Crippen molar-refractivity contribution in [2.45, 2.75) is 32.2 Å². The van der Waals surface area contributed by atoms with Crippen LogP contribution in [0.1, 0.15) is 41.3 Å². The van der Waals surface area contributed by atoms with Crippen molar-refractivity contribution in [1.29, 1.82) is 0 Å². The Morgan fingerprint density at radius 2 is 1.66 bits per heavy atom. The number of amides is 1. The second kappa shape index (κ2) is 13.7. The van der Waals surface area contributed by atoms with E-state index >= 15 is 0 Å². The van der Waals surface area contributed by atoms with Crippen LogP contribution in [0.3, 0.4) is 0 Å². The quantitative estimate of drug-likeness (QED) is 0.310. The third-order valence-electron chi connectivity index (χ3n) is 6.59. The third kappa shape index (κ3) is 8.43. The molecule has 0 aliphatic carbocycles. The molecule has 7 nitrogen and oxygen atoms in total. The predicted molar refractivity (Wildman–Crippen MR) is 152 cm³/mol. The van der Waals surface area contributed by atoms with Crippen LogP contribution in [-0.4, -0.2) is 61.7 Å². The van der Waals surface area contributed by atoms with Gasteiger partial charge in [-0.2, -0.15) is 0 Å². The second-order valence-electron chi connectivity index (χ2n) is 10.2. The highest BCUT2D eigenvalue weighted by atomic mass is 16.5. The van der Waals surface area contributed by atoms with E-state index in [9.17, 15) is 9.59 Å². The molecule has 0 radical (unpaired) electrons. The molecule has 0 spiro atoms. The van der Waals surface area contributed by atoms with Crippen LogP contribution in [0.4, 0.5) is 0 Å². The highest BCUT2D eigenvalue weighted by Crippen LogP contribution is 2.28. The molecule has 0 saturated carbocycles. The number of carbonyl (C=O) groups is 2. The van der Waals surface area contributed by atoms with Gasteiger partial charge in [-0.3, -0.25) is 9.59 Å². The number of likely N-dealkylation sites (N-methyl/N-ethyl adjacent to an activating group) is 1. The molecule has 202 valence electrons. The summed E-state index contributed by atoms with van der Waals surface area (Å²) >= 11 is 0. The van der Waals surface area contributed by atoms with Gasteiger partial charge in [-0.25, -0.2) is 0 Å². The number of nitrogens with zero attached hydrogens (tertiary/aromatic N) is 1. The van der Waals surface area contributed by atoms with Crippen molar-refractivity contribution in [1.82, 2.24) is 10.2 Å². The zero-order valence-electron chi connectivity index (χ0n) is 22.7. The van der Waals surface area contributed by atoms with Gasteiger partial charge in [0, 0.05) is 24.6 Å². The number of benzene rings is 3. The van der Waals surface area contributed by atoms with Crippen LogP contribution in [0, 0.1) is 5.92 Å². The van der Waals surface area contributed by atoms with Crippen LogP contribution in [0.5, 0.6) is 5.75 Å². The molecule has 0 unspecified atom stereocenters. The highest BCUT2D eigenvalue weighted by Gasteiger charge is 2.18. The maximum absolute atomic E-state index is 12.8. The SMILES string of the molecule is CC(C)[C@@H](CNC(=O)c1ccc(C[C@@H](N)C(=O)O)cc1)c1ccc(-c2cccc(OCCN(C)C)c2)cc1. The van der Waals surface area contributed by atoms with Crippen molar-refractivity contribution in [3.63, 3.8) is 0 Å². The zero-order valence-corrected chi connectivity index (χ0v) is 22.7. The Morgan fingerprint density at radius 1 is 0.974 bits per heavy atom. The minimum atomic E-state index is -1.04. The molecular formula is C31H39N3O4. The average Bonchev–Trinajstić information content (AvgIpc) is 2.89. The number of ether oxygens (including phenoxy) is 1. The number of carbonyl (C=O) groups excluding carboxylic acids is 1. The molecule has 4 N–H and O–H groups in total. The molecule has 0 aliphatic heterocycles. The Hall–Kier alpha value is -3.68. The molecule has 0 heterocycles. The van der Waals surface area contributed by atoms with Gasteiger partial charge < -0.3 is 25.8 Å². The summed E-state index contributed by atoms with van der Waals surface area (Å²) in [5.74, 6) is 0.134. The Kier molecular flexibility index (Phi) is 10.4. The molecule has 0 fully saturated rings. The molecule has 1 amide bonds. The van der Waals surface area contributed by atoms with Crippen LogP contribution < -0.4 is 15.8 Å². The lowest BCUT2D eigenvalue weighted by atomic mass is 9.87. The van der Waals surface area contributed by atoms with E-state index in [2.05, 4.69) is 60.5 Å². The summed E-state index contributed by atoms with van der Waals surface area (Å²) in [6, 6.07) is 22.6. The van der Waals surface area contributed by atoms with E-state index in [4.69, 9.17) is 15.6 Å². The van der Waals surface area contributed by atoms with E-state index in [1.54, 1.807) is 24.3 Å². The smallest absolute Gasteiger partial charge is 0.320 e. The number of nitrogens with one attached hydrogen (secondary N) is 1. The fourth-order valence-electron chi connectivity index (χ4n) is 4.21. The van der Waals surface area contributed by atoms with Gasteiger partial charge in [0.15, 0.2) is 0 Å².